The number of nitrogens with zero attached hydrogens (tertiary/aromatic N) is 1. The molecule has 0 radical (unpaired) electrons. The summed E-state index contributed by atoms with van der Waals surface area (Å²) in [4.78, 5) is 1.98. The van der Waals surface area contributed by atoms with Gasteiger partial charge in [-0.2, -0.15) is 13.2 Å². The number of hydrogen-bond donors (Lipinski definition) is 0. The molecule has 3 rings (SSSR count). The second kappa shape index (κ2) is 6.24. The zero-order chi connectivity index (χ0) is 16.4. The largest absolute Gasteiger partial charge is 0.484 e. The Morgan fingerprint density at radius 3 is 2.48 bits per heavy atom. The van der Waals surface area contributed by atoms with Crippen LogP contribution in [0.3, 0.4) is 0 Å². The Hall–Kier alpha value is -2.01. The van der Waals surface area contributed by atoms with Gasteiger partial charge in [0, 0.05) is 18.7 Å². The lowest BCUT2D eigenvalue weighted by Crippen LogP contribution is -2.28. The van der Waals surface area contributed by atoms with Crippen LogP contribution < -0.4 is 4.74 Å². The predicted octanol–water partition coefficient (Wildman–Crippen LogP) is 4.66. The quantitative estimate of drug-likeness (QED) is 0.797. The maximum Gasteiger partial charge on any atom is 0.416 e. The molecule has 0 spiro atoms. The van der Waals surface area contributed by atoms with E-state index < -0.39 is 11.7 Å². The molecule has 0 aliphatic carbocycles. The summed E-state index contributed by atoms with van der Waals surface area (Å²) >= 11 is 0. The number of alkyl halides is 3. The van der Waals surface area contributed by atoms with E-state index in [1.165, 1.54) is 6.07 Å². The van der Waals surface area contributed by atoms with Gasteiger partial charge in [-0.25, -0.2) is 0 Å². The highest BCUT2D eigenvalue weighted by Gasteiger charge is 2.36. The summed E-state index contributed by atoms with van der Waals surface area (Å²) in [6, 6.07) is 13.8. The molecule has 2 aromatic carbocycles. The molecule has 122 valence electrons. The van der Waals surface area contributed by atoms with Gasteiger partial charge >= 0.3 is 6.18 Å². The van der Waals surface area contributed by atoms with E-state index in [1.807, 2.05) is 42.2 Å². The molecule has 1 unspecified atom stereocenters. The molecular weight excluding hydrogens is 303 g/mol. The fraction of sp³-hybridized carbons (Fsp3) is 0.333. The normalized spacial score (nSPS) is 18.9. The lowest BCUT2D eigenvalue weighted by atomic mass is 10.1. The molecule has 0 saturated heterocycles. The molecule has 1 heterocycles. The Kier molecular flexibility index (Phi) is 4.31. The molecule has 0 fully saturated rings. The lowest BCUT2D eigenvalue weighted by molar-refractivity contribution is -0.138. The SMILES string of the molecule is CCN1Cc2c(cccc2C(F)(F)F)OC(c2ccccc2)C1. The fourth-order valence-corrected chi connectivity index (χ4v) is 2.90. The topological polar surface area (TPSA) is 12.5 Å². The summed E-state index contributed by atoms with van der Waals surface area (Å²) in [5.74, 6) is 0.324. The number of fused-ring (bicyclic) bond motifs is 1. The van der Waals surface area contributed by atoms with Crippen LogP contribution >= 0.6 is 0 Å². The molecule has 23 heavy (non-hydrogen) atoms. The van der Waals surface area contributed by atoms with Crippen molar-refractivity contribution in [1.82, 2.24) is 4.90 Å². The van der Waals surface area contributed by atoms with Gasteiger partial charge in [0.2, 0.25) is 0 Å². The molecule has 0 amide bonds. The Balaban J connectivity index is 2.04. The minimum Gasteiger partial charge on any atom is -0.484 e. The highest BCUT2D eigenvalue weighted by atomic mass is 19.4. The molecule has 1 aliphatic heterocycles. The minimum absolute atomic E-state index is 0.222. The van der Waals surface area contributed by atoms with Crippen LogP contribution in [0.15, 0.2) is 48.5 Å². The second-order valence-electron chi connectivity index (χ2n) is 5.62. The van der Waals surface area contributed by atoms with Gasteiger partial charge in [-0.1, -0.05) is 43.3 Å². The lowest BCUT2D eigenvalue weighted by Gasteiger charge is -2.22. The van der Waals surface area contributed by atoms with Gasteiger partial charge in [0.25, 0.3) is 0 Å². The zero-order valence-corrected chi connectivity index (χ0v) is 12.8. The van der Waals surface area contributed by atoms with Crippen molar-refractivity contribution < 1.29 is 17.9 Å². The summed E-state index contributed by atoms with van der Waals surface area (Å²) in [7, 11) is 0. The van der Waals surface area contributed by atoms with Crippen molar-refractivity contribution in [1.29, 1.82) is 0 Å². The van der Waals surface area contributed by atoms with Crippen molar-refractivity contribution in [3.05, 3.63) is 65.2 Å². The zero-order valence-electron chi connectivity index (χ0n) is 12.8. The Labute approximate surface area is 133 Å². The third-order valence-corrected chi connectivity index (χ3v) is 4.13. The van der Waals surface area contributed by atoms with Gasteiger partial charge in [0.05, 0.1) is 5.56 Å². The van der Waals surface area contributed by atoms with Gasteiger partial charge in [-0.15, -0.1) is 0 Å². The van der Waals surface area contributed by atoms with Gasteiger partial charge in [-0.3, -0.25) is 4.90 Å². The first-order valence-corrected chi connectivity index (χ1v) is 7.62. The van der Waals surface area contributed by atoms with Crippen molar-refractivity contribution in [2.24, 2.45) is 0 Å². The Morgan fingerprint density at radius 1 is 1.09 bits per heavy atom. The second-order valence-corrected chi connectivity index (χ2v) is 5.62. The highest BCUT2D eigenvalue weighted by Crippen LogP contribution is 2.39. The smallest absolute Gasteiger partial charge is 0.416 e. The first-order valence-electron chi connectivity index (χ1n) is 7.62. The number of ether oxygens (including phenoxy) is 1. The number of rotatable bonds is 2. The van der Waals surface area contributed by atoms with Gasteiger partial charge < -0.3 is 4.74 Å². The van der Waals surface area contributed by atoms with Crippen molar-refractivity contribution in [2.45, 2.75) is 25.7 Å². The minimum atomic E-state index is -4.37. The van der Waals surface area contributed by atoms with Crippen LogP contribution in [0.25, 0.3) is 0 Å². The summed E-state index contributed by atoms with van der Waals surface area (Å²) in [6.07, 6.45) is -4.65. The summed E-state index contributed by atoms with van der Waals surface area (Å²) in [5, 5.41) is 0. The number of likely N-dealkylation sites (N-methyl/N-ethyl adjacent to an activating group) is 1. The van der Waals surface area contributed by atoms with Crippen molar-refractivity contribution in [3.8, 4) is 5.75 Å². The first kappa shape index (κ1) is 15.9. The summed E-state index contributed by atoms with van der Waals surface area (Å²) < 4.78 is 45.8. The van der Waals surface area contributed by atoms with E-state index in [9.17, 15) is 13.2 Å². The average molecular weight is 321 g/mol. The molecule has 1 atom stereocenters. The number of halogens is 3. The van der Waals surface area contributed by atoms with Gasteiger partial charge in [-0.05, 0) is 24.2 Å². The van der Waals surface area contributed by atoms with Crippen molar-refractivity contribution in [2.75, 3.05) is 13.1 Å². The molecule has 0 bridgehead atoms. The highest BCUT2D eigenvalue weighted by molar-refractivity contribution is 5.43. The van der Waals surface area contributed by atoms with Crippen LogP contribution in [-0.2, 0) is 12.7 Å². The van der Waals surface area contributed by atoms with E-state index in [2.05, 4.69) is 0 Å². The maximum absolute atomic E-state index is 13.3. The Morgan fingerprint density at radius 2 is 1.83 bits per heavy atom. The van der Waals surface area contributed by atoms with E-state index in [1.54, 1.807) is 6.07 Å². The third-order valence-electron chi connectivity index (χ3n) is 4.13. The molecule has 0 N–H and O–H groups in total. The van der Waals surface area contributed by atoms with E-state index in [0.717, 1.165) is 11.6 Å². The van der Waals surface area contributed by atoms with Gasteiger partial charge in [0.15, 0.2) is 0 Å². The molecule has 2 aromatic rings. The average Bonchev–Trinajstić information content (AvgIpc) is 2.73. The third kappa shape index (κ3) is 3.34. The first-order chi connectivity index (χ1) is 11.0. The summed E-state index contributed by atoms with van der Waals surface area (Å²) in [5.41, 5.74) is 0.582. The van der Waals surface area contributed by atoms with E-state index >= 15 is 0 Å². The standard InChI is InChI=1S/C18H18F3NO/c1-2-22-11-14-15(18(19,20)21)9-6-10-16(14)23-17(12-22)13-7-4-3-5-8-13/h3-10,17H,2,11-12H2,1H3. The molecule has 0 saturated carbocycles. The van der Waals surface area contributed by atoms with Crippen LogP contribution in [0.1, 0.15) is 29.7 Å². The maximum atomic E-state index is 13.3. The fourth-order valence-electron chi connectivity index (χ4n) is 2.90. The molecule has 2 nitrogen and oxygen atoms in total. The van der Waals surface area contributed by atoms with Crippen LogP contribution in [0.5, 0.6) is 5.75 Å². The van der Waals surface area contributed by atoms with Crippen LogP contribution in [0.4, 0.5) is 13.2 Å². The van der Waals surface area contributed by atoms with Crippen molar-refractivity contribution in [3.63, 3.8) is 0 Å². The molecule has 5 heteroatoms. The van der Waals surface area contributed by atoms with Crippen molar-refractivity contribution >= 4 is 0 Å². The van der Waals surface area contributed by atoms with Crippen LogP contribution in [-0.4, -0.2) is 18.0 Å². The van der Waals surface area contributed by atoms with E-state index in [-0.39, 0.29) is 18.2 Å². The predicted molar refractivity (Wildman–Crippen MR) is 82.2 cm³/mol. The number of benzene rings is 2. The van der Waals surface area contributed by atoms with E-state index in [4.69, 9.17) is 4.74 Å². The molecule has 0 aromatic heterocycles. The molecule has 1 aliphatic rings. The van der Waals surface area contributed by atoms with Crippen LogP contribution in [0.2, 0.25) is 0 Å². The number of hydrogen-bond acceptors (Lipinski definition) is 2. The van der Waals surface area contributed by atoms with E-state index in [0.29, 0.717) is 18.8 Å². The Bertz CT molecular complexity index is 670. The molecular formula is C18H18F3NO. The van der Waals surface area contributed by atoms with Gasteiger partial charge in [0.1, 0.15) is 11.9 Å². The monoisotopic (exact) mass is 321 g/mol. The summed E-state index contributed by atoms with van der Waals surface area (Å²) in [6.45, 7) is 3.42. The van der Waals surface area contributed by atoms with Crippen LogP contribution in [0, 0.1) is 0 Å².